The summed E-state index contributed by atoms with van der Waals surface area (Å²) >= 11 is 6.59. The largest absolute Gasteiger partial charge is 0.504 e. The molecular weight excluding hydrogens is 294 g/mol. The number of hydrogen-bond donors (Lipinski definition) is 1. The van der Waals surface area contributed by atoms with Crippen molar-refractivity contribution in [3.8, 4) is 11.5 Å². The quantitative estimate of drug-likeness (QED) is 0.687. The molecule has 1 aliphatic heterocycles. The Bertz CT molecular complexity index is 623. The molecule has 6 heteroatoms. The van der Waals surface area contributed by atoms with Gasteiger partial charge >= 0.3 is 0 Å². The Morgan fingerprint density at radius 2 is 2.25 bits per heavy atom. The zero-order valence-corrected chi connectivity index (χ0v) is 12.5. The summed E-state index contributed by atoms with van der Waals surface area (Å²) in [6.45, 7) is 0. The van der Waals surface area contributed by atoms with E-state index < -0.39 is 0 Å². The first-order chi connectivity index (χ1) is 9.60. The number of carbonyl (C=O) groups excluding carboxylic acids is 1. The number of methoxy groups -OCH3 is 1. The maximum absolute atomic E-state index is 12.3. The van der Waals surface area contributed by atoms with Crippen molar-refractivity contribution in [2.24, 2.45) is 0 Å². The molecule has 0 aromatic heterocycles. The van der Waals surface area contributed by atoms with Gasteiger partial charge in [-0.15, -0.1) is 0 Å². The van der Waals surface area contributed by atoms with Crippen LogP contribution in [0.3, 0.4) is 0 Å². The molecule has 1 saturated carbocycles. The van der Waals surface area contributed by atoms with E-state index in [4.69, 9.17) is 17.0 Å². The van der Waals surface area contributed by atoms with Crippen molar-refractivity contribution in [3.05, 3.63) is 28.7 Å². The van der Waals surface area contributed by atoms with Crippen molar-refractivity contribution in [1.29, 1.82) is 0 Å². The van der Waals surface area contributed by atoms with Crippen LogP contribution >= 0.6 is 24.0 Å². The van der Waals surface area contributed by atoms with Crippen molar-refractivity contribution < 1.29 is 14.6 Å². The maximum atomic E-state index is 12.3. The monoisotopic (exact) mass is 307 g/mol. The molecule has 1 saturated heterocycles. The molecule has 1 heterocycles. The molecule has 3 rings (SSSR count). The van der Waals surface area contributed by atoms with Crippen LogP contribution in [0.1, 0.15) is 18.4 Å². The van der Waals surface area contributed by atoms with Gasteiger partial charge in [-0.2, -0.15) is 0 Å². The van der Waals surface area contributed by atoms with Gasteiger partial charge < -0.3 is 9.84 Å². The Morgan fingerprint density at radius 1 is 1.50 bits per heavy atom. The molecule has 0 radical (unpaired) electrons. The van der Waals surface area contributed by atoms with Gasteiger partial charge in [0.25, 0.3) is 5.91 Å². The first kappa shape index (κ1) is 13.5. The number of phenols is 1. The summed E-state index contributed by atoms with van der Waals surface area (Å²) in [5.41, 5.74) is 0.802. The molecule has 0 spiro atoms. The zero-order chi connectivity index (χ0) is 14.3. The number of nitrogens with zero attached hydrogens (tertiary/aromatic N) is 1. The van der Waals surface area contributed by atoms with E-state index in [1.807, 2.05) is 0 Å². The van der Waals surface area contributed by atoms with Crippen molar-refractivity contribution in [2.45, 2.75) is 18.9 Å². The van der Waals surface area contributed by atoms with Gasteiger partial charge in [0.15, 0.2) is 11.5 Å². The summed E-state index contributed by atoms with van der Waals surface area (Å²) in [6, 6.07) is 5.27. The van der Waals surface area contributed by atoms with Gasteiger partial charge in [-0.05, 0) is 36.6 Å². The van der Waals surface area contributed by atoms with E-state index in [2.05, 4.69) is 0 Å². The minimum Gasteiger partial charge on any atom is -0.504 e. The van der Waals surface area contributed by atoms with Crippen molar-refractivity contribution in [1.82, 2.24) is 4.90 Å². The Kier molecular flexibility index (Phi) is 3.43. The highest BCUT2D eigenvalue weighted by molar-refractivity contribution is 8.26. The average Bonchev–Trinajstić information content (AvgIpc) is 3.20. The van der Waals surface area contributed by atoms with E-state index in [0.717, 1.165) is 18.4 Å². The second-order valence-electron chi connectivity index (χ2n) is 4.71. The van der Waals surface area contributed by atoms with Crippen LogP contribution in [-0.4, -0.2) is 33.4 Å². The predicted octanol–water partition coefficient (Wildman–Crippen LogP) is 2.76. The molecule has 1 aromatic carbocycles. The van der Waals surface area contributed by atoms with E-state index in [1.54, 1.807) is 29.2 Å². The van der Waals surface area contributed by atoms with E-state index in [0.29, 0.717) is 21.0 Å². The Hall–Kier alpha value is -1.53. The van der Waals surface area contributed by atoms with Gasteiger partial charge in [-0.25, -0.2) is 0 Å². The minimum atomic E-state index is -0.0189. The molecule has 104 valence electrons. The Labute approximate surface area is 126 Å². The smallest absolute Gasteiger partial charge is 0.266 e. The highest BCUT2D eigenvalue weighted by atomic mass is 32.2. The molecule has 0 atom stereocenters. The SMILES string of the molecule is COc1cc(/C=C2\SC(=S)N(C3CC3)C2=O)ccc1O. The average molecular weight is 307 g/mol. The number of rotatable bonds is 3. The van der Waals surface area contributed by atoms with Crippen LogP contribution in [0.25, 0.3) is 6.08 Å². The fourth-order valence-corrected chi connectivity index (χ4v) is 3.46. The van der Waals surface area contributed by atoms with Crippen LogP contribution < -0.4 is 4.74 Å². The third kappa shape index (κ3) is 2.41. The van der Waals surface area contributed by atoms with E-state index in [1.165, 1.54) is 18.9 Å². The summed E-state index contributed by atoms with van der Waals surface area (Å²) in [5.74, 6) is 0.446. The minimum absolute atomic E-state index is 0.0189. The lowest BCUT2D eigenvalue weighted by Gasteiger charge is -2.11. The number of thioether (sulfide) groups is 1. The molecule has 0 unspecified atom stereocenters. The molecule has 2 aliphatic rings. The van der Waals surface area contributed by atoms with Crippen molar-refractivity contribution in [3.63, 3.8) is 0 Å². The maximum Gasteiger partial charge on any atom is 0.266 e. The number of ether oxygens (including phenoxy) is 1. The second-order valence-corrected chi connectivity index (χ2v) is 6.39. The number of hydrogen-bond acceptors (Lipinski definition) is 5. The van der Waals surface area contributed by atoms with Crippen LogP contribution in [0.5, 0.6) is 11.5 Å². The highest BCUT2D eigenvalue weighted by Gasteiger charge is 2.41. The highest BCUT2D eigenvalue weighted by Crippen LogP contribution is 2.40. The Morgan fingerprint density at radius 3 is 2.90 bits per heavy atom. The molecule has 0 bridgehead atoms. The van der Waals surface area contributed by atoms with Crippen molar-refractivity contribution in [2.75, 3.05) is 7.11 Å². The number of benzene rings is 1. The van der Waals surface area contributed by atoms with Crippen molar-refractivity contribution >= 4 is 40.3 Å². The molecule has 2 fully saturated rings. The summed E-state index contributed by atoms with van der Waals surface area (Å²) in [5, 5.41) is 9.57. The molecule has 1 aromatic rings. The summed E-state index contributed by atoms with van der Waals surface area (Å²) in [7, 11) is 1.49. The number of amides is 1. The fourth-order valence-electron chi connectivity index (χ4n) is 2.06. The van der Waals surface area contributed by atoms with Crippen LogP contribution in [0, 0.1) is 0 Å². The second kappa shape index (κ2) is 5.10. The molecule has 1 aliphatic carbocycles. The van der Waals surface area contributed by atoms with Gasteiger partial charge in [0.1, 0.15) is 4.32 Å². The number of thiocarbonyl (C=S) groups is 1. The summed E-state index contributed by atoms with van der Waals surface area (Å²) in [6.07, 6.45) is 3.85. The van der Waals surface area contributed by atoms with E-state index in [-0.39, 0.29) is 11.7 Å². The predicted molar refractivity (Wildman–Crippen MR) is 82.7 cm³/mol. The molecule has 4 nitrogen and oxygen atoms in total. The lowest BCUT2D eigenvalue weighted by Crippen LogP contribution is -2.30. The molecule has 1 N–H and O–H groups in total. The number of aromatic hydroxyl groups is 1. The van der Waals surface area contributed by atoms with Gasteiger partial charge in [-0.1, -0.05) is 30.0 Å². The topological polar surface area (TPSA) is 49.8 Å². The molecule has 1 amide bonds. The Balaban J connectivity index is 1.89. The zero-order valence-electron chi connectivity index (χ0n) is 10.8. The first-order valence-electron chi connectivity index (χ1n) is 6.24. The van der Waals surface area contributed by atoms with E-state index in [9.17, 15) is 9.90 Å². The molecular formula is C14H13NO3S2. The van der Waals surface area contributed by atoms with Gasteiger partial charge in [-0.3, -0.25) is 9.69 Å². The number of carbonyl (C=O) groups is 1. The number of phenolic OH excluding ortho intramolecular Hbond substituents is 1. The first-order valence-corrected chi connectivity index (χ1v) is 7.46. The molecule has 20 heavy (non-hydrogen) atoms. The van der Waals surface area contributed by atoms with Gasteiger partial charge in [0, 0.05) is 6.04 Å². The third-order valence-electron chi connectivity index (χ3n) is 3.24. The standard InChI is InChI=1S/C14H13NO3S2/c1-18-11-6-8(2-5-10(11)16)7-12-13(17)15(9-3-4-9)14(19)20-12/h2,5-7,9,16H,3-4H2,1H3/b12-7-. The lowest BCUT2D eigenvalue weighted by atomic mass is 10.2. The van der Waals surface area contributed by atoms with Crippen LogP contribution in [0.4, 0.5) is 0 Å². The van der Waals surface area contributed by atoms with Gasteiger partial charge in [0.2, 0.25) is 0 Å². The lowest BCUT2D eigenvalue weighted by molar-refractivity contribution is -0.122. The van der Waals surface area contributed by atoms with Gasteiger partial charge in [0.05, 0.1) is 12.0 Å². The van der Waals surface area contributed by atoms with Crippen LogP contribution in [0.2, 0.25) is 0 Å². The normalized spacial score (nSPS) is 20.9. The van der Waals surface area contributed by atoms with Crippen LogP contribution in [-0.2, 0) is 4.79 Å². The van der Waals surface area contributed by atoms with Crippen LogP contribution in [0.15, 0.2) is 23.1 Å². The fraction of sp³-hybridized carbons (Fsp3) is 0.286. The van der Waals surface area contributed by atoms with E-state index >= 15 is 0 Å². The third-order valence-corrected chi connectivity index (χ3v) is 4.57. The summed E-state index contributed by atoms with van der Waals surface area (Å²) < 4.78 is 5.69. The summed E-state index contributed by atoms with van der Waals surface area (Å²) in [4.78, 5) is 14.6.